The van der Waals surface area contributed by atoms with Gasteiger partial charge in [0, 0.05) is 45.8 Å². The van der Waals surface area contributed by atoms with E-state index in [-0.39, 0.29) is 24.5 Å². The van der Waals surface area contributed by atoms with Crippen LogP contribution >= 0.6 is 0 Å². The number of rotatable bonds is 8. The highest BCUT2D eigenvalue weighted by molar-refractivity contribution is 5.78. The van der Waals surface area contributed by atoms with Gasteiger partial charge < -0.3 is 25.0 Å². The van der Waals surface area contributed by atoms with Gasteiger partial charge in [0.2, 0.25) is 11.8 Å². The molecule has 25 heavy (non-hydrogen) atoms. The van der Waals surface area contributed by atoms with Gasteiger partial charge in [-0.05, 0) is 24.1 Å². The van der Waals surface area contributed by atoms with Gasteiger partial charge in [-0.25, -0.2) is 0 Å². The molecule has 1 aromatic rings. The van der Waals surface area contributed by atoms with Crippen LogP contribution in [0.5, 0.6) is 5.75 Å². The van der Waals surface area contributed by atoms with E-state index in [4.69, 9.17) is 9.47 Å². The smallest absolute Gasteiger partial charge is 0.248 e. The minimum absolute atomic E-state index is 0.00736. The molecule has 2 amide bonds. The highest BCUT2D eigenvalue weighted by Gasteiger charge is 2.24. The molecular weight excluding hydrogens is 322 g/mol. The summed E-state index contributed by atoms with van der Waals surface area (Å²) in [6, 6.07) is 7.79. The van der Waals surface area contributed by atoms with E-state index >= 15 is 0 Å². The fourth-order valence-corrected chi connectivity index (χ4v) is 2.84. The number of carbonyl (C=O) groups is 2. The molecule has 1 aliphatic rings. The van der Waals surface area contributed by atoms with Gasteiger partial charge in [-0.2, -0.15) is 0 Å². The summed E-state index contributed by atoms with van der Waals surface area (Å²) in [5.74, 6) is 0.782. The number of methoxy groups -OCH3 is 2. The van der Waals surface area contributed by atoms with Gasteiger partial charge >= 0.3 is 0 Å². The Kier molecular flexibility index (Phi) is 7.69. The third-order valence-corrected chi connectivity index (χ3v) is 4.20. The molecule has 7 nitrogen and oxygen atoms in total. The number of hydrogen-bond donors (Lipinski definition) is 2. The van der Waals surface area contributed by atoms with Crippen molar-refractivity contribution in [3.8, 4) is 5.75 Å². The molecule has 2 N–H and O–H groups in total. The zero-order chi connectivity index (χ0) is 18.1. The summed E-state index contributed by atoms with van der Waals surface area (Å²) in [6.45, 7) is 2.55. The van der Waals surface area contributed by atoms with Gasteiger partial charge in [-0.3, -0.25) is 9.59 Å². The first kappa shape index (κ1) is 19.2. The van der Waals surface area contributed by atoms with Crippen LogP contribution in [0.2, 0.25) is 0 Å². The van der Waals surface area contributed by atoms with E-state index in [1.165, 1.54) is 7.11 Å². The average molecular weight is 349 g/mol. The summed E-state index contributed by atoms with van der Waals surface area (Å²) < 4.78 is 10.0. The molecule has 1 saturated heterocycles. The van der Waals surface area contributed by atoms with E-state index in [1.807, 2.05) is 24.3 Å². The van der Waals surface area contributed by atoms with Crippen LogP contribution in [-0.2, 0) is 20.7 Å². The number of ether oxygens (including phenoxy) is 2. The Hall–Kier alpha value is -2.12. The van der Waals surface area contributed by atoms with Crippen molar-refractivity contribution in [2.75, 3.05) is 47.0 Å². The number of hydrogen-bond acceptors (Lipinski definition) is 5. The lowest BCUT2D eigenvalue weighted by atomic mass is 10.1. The molecule has 0 spiro atoms. The monoisotopic (exact) mass is 349 g/mol. The largest absolute Gasteiger partial charge is 0.497 e. The SMILES string of the molecule is COCC(=O)N1CCNC(CC(=O)NCCc2ccc(OC)cc2)C1. The topological polar surface area (TPSA) is 79.9 Å². The van der Waals surface area contributed by atoms with Crippen molar-refractivity contribution in [3.05, 3.63) is 29.8 Å². The molecular formula is C18H27N3O4. The van der Waals surface area contributed by atoms with E-state index in [0.717, 1.165) is 17.7 Å². The van der Waals surface area contributed by atoms with Crippen LogP contribution in [0.25, 0.3) is 0 Å². The van der Waals surface area contributed by atoms with E-state index in [2.05, 4.69) is 10.6 Å². The molecule has 0 bridgehead atoms. The Morgan fingerprint density at radius 2 is 2.04 bits per heavy atom. The van der Waals surface area contributed by atoms with Crippen LogP contribution in [0.3, 0.4) is 0 Å². The second kappa shape index (κ2) is 10.0. The van der Waals surface area contributed by atoms with Crippen molar-refractivity contribution in [2.24, 2.45) is 0 Å². The zero-order valence-corrected chi connectivity index (χ0v) is 14.9. The van der Waals surface area contributed by atoms with Crippen molar-refractivity contribution in [1.29, 1.82) is 0 Å². The van der Waals surface area contributed by atoms with Crippen LogP contribution in [0, 0.1) is 0 Å². The lowest BCUT2D eigenvalue weighted by molar-refractivity contribution is -0.137. The molecule has 1 heterocycles. The van der Waals surface area contributed by atoms with Crippen LogP contribution in [-0.4, -0.2) is 69.8 Å². The van der Waals surface area contributed by atoms with Crippen LogP contribution < -0.4 is 15.4 Å². The van der Waals surface area contributed by atoms with Gasteiger partial charge in [-0.15, -0.1) is 0 Å². The number of nitrogens with zero attached hydrogens (tertiary/aromatic N) is 1. The molecule has 0 aromatic heterocycles. The molecule has 7 heteroatoms. The van der Waals surface area contributed by atoms with E-state index in [0.29, 0.717) is 32.6 Å². The molecule has 1 atom stereocenters. The van der Waals surface area contributed by atoms with E-state index in [9.17, 15) is 9.59 Å². The molecule has 1 fully saturated rings. The fourth-order valence-electron chi connectivity index (χ4n) is 2.84. The Morgan fingerprint density at radius 3 is 2.72 bits per heavy atom. The predicted molar refractivity (Wildman–Crippen MR) is 94.6 cm³/mol. The minimum Gasteiger partial charge on any atom is -0.497 e. The molecule has 0 saturated carbocycles. The second-order valence-electron chi connectivity index (χ2n) is 6.08. The van der Waals surface area contributed by atoms with Gasteiger partial charge in [0.05, 0.1) is 7.11 Å². The van der Waals surface area contributed by atoms with Crippen molar-refractivity contribution < 1.29 is 19.1 Å². The summed E-state index contributed by atoms with van der Waals surface area (Å²) in [5.41, 5.74) is 1.15. The molecule has 1 unspecified atom stereocenters. The van der Waals surface area contributed by atoms with Crippen LogP contribution in [0.4, 0.5) is 0 Å². The number of piperazine rings is 1. The van der Waals surface area contributed by atoms with Crippen LogP contribution in [0.15, 0.2) is 24.3 Å². The Balaban J connectivity index is 1.69. The minimum atomic E-state index is -0.0334. The Bertz CT molecular complexity index is 562. The molecule has 1 aromatic carbocycles. The molecule has 2 rings (SSSR count). The van der Waals surface area contributed by atoms with Gasteiger partial charge in [-0.1, -0.05) is 12.1 Å². The van der Waals surface area contributed by atoms with Gasteiger partial charge in [0.15, 0.2) is 0 Å². The Morgan fingerprint density at radius 1 is 1.28 bits per heavy atom. The van der Waals surface area contributed by atoms with Crippen molar-refractivity contribution in [3.63, 3.8) is 0 Å². The lowest BCUT2D eigenvalue weighted by Gasteiger charge is -2.33. The average Bonchev–Trinajstić information content (AvgIpc) is 2.62. The maximum atomic E-state index is 12.1. The van der Waals surface area contributed by atoms with Crippen molar-refractivity contribution >= 4 is 11.8 Å². The summed E-state index contributed by atoms with van der Waals surface area (Å²) in [4.78, 5) is 25.7. The highest BCUT2D eigenvalue weighted by atomic mass is 16.5. The summed E-state index contributed by atoms with van der Waals surface area (Å²) >= 11 is 0. The first-order valence-electron chi connectivity index (χ1n) is 8.52. The third-order valence-electron chi connectivity index (χ3n) is 4.20. The lowest BCUT2D eigenvalue weighted by Crippen LogP contribution is -2.54. The normalized spacial score (nSPS) is 17.2. The van der Waals surface area contributed by atoms with Crippen LogP contribution in [0.1, 0.15) is 12.0 Å². The number of carbonyl (C=O) groups excluding carboxylic acids is 2. The first-order valence-corrected chi connectivity index (χ1v) is 8.52. The maximum Gasteiger partial charge on any atom is 0.248 e. The van der Waals surface area contributed by atoms with Crippen molar-refractivity contribution in [2.45, 2.75) is 18.9 Å². The summed E-state index contributed by atoms with van der Waals surface area (Å²) in [7, 11) is 3.15. The molecule has 138 valence electrons. The zero-order valence-electron chi connectivity index (χ0n) is 14.9. The number of benzene rings is 1. The predicted octanol–water partition coefficient (Wildman–Crippen LogP) is 0.191. The van der Waals surface area contributed by atoms with E-state index in [1.54, 1.807) is 12.0 Å². The first-order chi connectivity index (χ1) is 12.1. The maximum absolute atomic E-state index is 12.1. The molecule has 0 radical (unpaired) electrons. The summed E-state index contributed by atoms with van der Waals surface area (Å²) in [5, 5.41) is 6.23. The Labute approximate surface area is 148 Å². The van der Waals surface area contributed by atoms with E-state index < -0.39 is 0 Å². The fraction of sp³-hybridized carbons (Fsp3) is 0.556. The molecule has 0 aliphatic carbocycles. The summed E-state index contributed by atoms with van der Waals surface area (Å²) in [6.07, 6.45) is 1.13. The standard InChI is InChI=1S/C18H27N3O4/c1-24-13-18(23)21-10-9-19-15(12-21)11-17(22)20-8-7-14-3-5-16(25-2)6-4-14/h3-6,15,19H,7-13H2,1-2H3,(H,20,22). The van der Waals surface area contributed by atoms with Gasteiger partial charge in [0.25, 0.3) is 0 Å². The van der Waals surface area contributed by atoms with Gasteiger partial charge in [0.1, 0.15) is 12.4 Å². The number of amides is 2. The third kappa shape index (κ3) is 6.36. The quantitative estimate of drug-likeness (QED) is 0.700. The molecule has 1 aliphatic heterocycles. The number of nitrogens with one attached hydrogen (secondary N) is 2. The highest BCUT2D eigenvalue weighted by Crippen LogP contribution is 2.11. The van der Waals surface area contributed by atoms with Crippen molar-refractivity contribution in [1.82, 2.24) is 15.5 Å². The second-order valence-corrected chi connectivity index (χ2v) is 6.08.